The van der Waals surface area contributed by atoms with E-state index in [4.69, 9.17) is 34.8 Å². The average Bonchev–Trinajstić information content (AvgIpc) is 2.01. The molecule has 1 aromatic heterocycles. The van der Waals surface area contributed by atoms with Crippen molar-refractivity contribution in [3.63, 3.8) is 0 Å². The van der Waals surface area contributed by atoms with Gasteiger partial charge in [-0.3, -0.25) is 0 Å². The Labute approximate surface area is 84.5 Å². The summed E-state index contributed by atoms with van der Waals surface area (Å²) in [5.41, 5.74) is 0.365. The third-order valence-corrected chi connectivity index (χ3v) is 1.92. The van der Waals surface area contributed by atoms with E-state index in [0.29, 0.717) is 17.0 Å². The van der Waals surface area contributed by atoms with E-state index in [2.05, 4.69) is 4.98 Å². The lowest BCUT2D eigenvalue weighted by Crippen LogP contribution is -1.95. The molecule has 0 fully saturated rings. The number of halogens is 3. The van der Waals surface area contributed by atoms with Gasteiger partial charge >= 0.3 is 0 Å². The quantitative estimate of drug-likeness (QED) is 0.439. The summed E-state index contributed by atoms with van der Waals surface area (Å²) in [5, 5.41) is -0.149. The highest BCUT2D eigenvalue weighted by Gasteiger charge is 2.09. The zero-order valence-corrected chi connectivity index (χ0v) is 8.07. The van der Waals surface area contributed by atoms with Crippen molar-refractivity contribution in [2.75, 3.05) is 0 Å². The predicted octanol–water partition coefficient (Wildman–Crippen LogP) is 2.87. The van der Waals surface area contributed by atoms with Crippen molar-refractivity contribution in [1.29, 1.82) is 0 Å². The van der Waals surface area contributed by atoms with Gasteiger partial charge in [-0.1, -0.05) is 23.2 Å². The summed E-state index contributed by atoms with van der Waals surface area (Å²) >= 11 is 16.8. The van der Waals surface area contributed by atoms with Crippen LogP contribution < -0.4 is 0 Å². The lowest BCUT2D eigenvalue weighted by molar-refractivity contribution is -0.107. The molecule has 12 heavy (non-hydrogen) atoms. The predicted molar refractivity (Wildman–Crippen MR) is 48.9 cm³/mol. The summed E-state index contributed by atoms with van der Waals surface area (Å²) in [6.45, 7) is 0. The number of pyridine rings is 1. The molecular formula is C7H4Cl3NO. The first-order valence-electron chi connectivity index (χ1n) is 3.06. The first kappa shape index (κ1) is 9.78. The van der Waals surface area contributed by atoms with Crippen LogP contribution in [0.15, 0.2) is 12.1 Å². The second-order valence-corrected chi connectivity index (χ2v) is 3.36. The molecule has 0 aromatic carbocycles. The topological polar surface area (TPSA) is 30.0 Å². The van der Waals surface area contributed by atoms with E-state index in [0.717, 1.165) is 0 Å². The standard InChI is InChI=1S/C7H4Cl3NO/c8-4-1-6(5(9)3-12)11-7(10)2-4/h1-3,5H. The van der Waals surface area contributed by atoms with Crippen LogP contribution in [0.1, 0.15) is 11.1 Å². The Morgan fingerprint density at radius 3 is 2.58 bits per heavy atom. The molecule has 5 heteroatoms. The zero-order valence-electron chi connectivity index (χ0n) is 5.80. The van der Waals surface area contributed by atoms with Gasteiger partial charge in [-0.25, -0.2) is 4.98 Å². The smallest absolute Gasteiger partial charge is 0.143 e. The Hall–Kier alpha value is -0.310. The van der Waals surface area contributed by atoms with Crippen molar-refractivity contribution in [3.05, 3.63) is 28.0 Å². The van der Waals surface area contributed by atoms with Gasteiger partial charge < -0.3 is 4.79 Å². The molecule has 1 heterocycles. The van der Waals surface area contributed by atoms with Gasteiger partial charge in [0.1, 0.15) is 16.8 Å². The van der Waals surface area contributed by atoms with Gasteiger partial charge in [0.15, 0.2) is 0 Å². The highest BCUT2D eigenvalue weighted by Crippen LogP contribution is 2.22. The largest absolute Gasteiger partial charge is 0.301 e. The van der Waals surface area contributed by atoms with Crippen LogP contribution in [-0.2, 0) is 4.79 Å². The van der Waals surface area contributed by atoms with Gasteiger partial charge in [-0.05, 0) is 12.1 Å². The van der Waals surface area contributed by atoms with E-state index in [9.17, 15) is 4.79 Å². The highest BCUT2D eigenvalue weighted by molar-refractivity contribution is 6.34. The summed E-state index contributed by atoms with van der Waals surface area (Å²) in [6, 6.07) is 2.97. The van der Waals surface area contributed by atoms with E-state index in [1.807, 2.05) is 0 Å². The fourth-order valence-corrected chi connectivity index (χ4v) is 1.29. The molecule has 0 saturated heterocycles. The summed E-state index contributed by atoms with van der Waals surface area (Å²) in [5.74, 6) is 0. The molecule has 0 aliphatic heterocycles. The third-order valence-electron chi connectivity index (χ3n) is 1.18. The molecule has 0 saturated carbocycles. The van der Waals surface area contributed by atoms with Crippen LogP contribution in [0.25, 0.3) is 0 Å². The molecule has 64 valence electrons. The molecule has 1 unspecified atom stereocenters. The molecule has 0 spiro atoms. The van der Waals surface area contributed by atoms with E-state index in [-0.39, 0.29) is 5.15 Å². The highest BCUT2D eigenvalue weighted by atomic mass is 35.5. The lowest BCUT2D eigenvalue weighted by atomic mass is 10.3. The van der Waals surface area contributed by atoms with Gasteiger partial charge in [0, 0.05) is 5.02 Å². The molecule has 0 N–H and O–H groups in total. The molecule has 0 aliphatic carbocycles. The number of nitrogens with zero attached hydrogens (tertiary/aromatic N) is 1. The monoisotopic (exact) mass is 223 g/mol. The van der Waals surface area contributed by atoms with Crippen molar-refractivity contribution < 1.29 is 4.79 Å². The van der Waals surface area contributed by atoms with Crippen LogP contribution in [0.2, 0.25) is 10.2 Å². The summed E-state index contributed by atoms with van der Waals surface area (Å²) in [7, 11) is 0. The SMILES string of the molecule is O=CC(Cl)c1cc(Cl)cc(Cl)n1. The minimum atomic E-state index is -0.791. The van der Waals surface area contributed by atoms with Crippen molar-refractivity contribution in [2.45, 2.75) is 5.38 Å². The maximum atomic E-state index is 10.3. The summed E-state index contributed by atoms with van der Waals surface area (Å²) in [6.07, 6.45) is 0.566. The Bertz CT molecular complexity index is 282. The maximum absolute atomic E-state index is 10.3. The Balaban J connectivity index is 3.08. The molecule has 0 aliphatic rings. The van der Waals surface area contributed by atoms with Gasteiger partial charge in [0.05, 0.1) is 5.69 Å². The molecule has 2 nitrogen and oxygen atoms in total. The number of hydrogen-bond acceptors (Lipinski definition) is 2. The third kappa shape index (κ3) is 2.34. The number of carbonyl (C=O) groups excluding carboxylic acids is 1. The van der Waals surface area contributed by atoms with E-state index >= 15 is 0 Å². The van der Waals surface area contributed by atoms with Gasteiger partial charge in [-0.2, -0.15) is 0 Å². The van der Waals surface area contributed by atoms with Crippen LogP contribution in [0.3, 0.4) is 0 Å². The second-order valence-electron chi connectivity index (χ2n) is 2.07. The zero-order chi connectivity index (χ0) is 9.14. The van der Waals surface area contributed by atoms with E-state index in [1.165, 1.54) is 12.1 Å². The Kier molecular flexibility index (Phi) is 3.32. The first-order chi connectivity index (χ1) is 5.63. The number of hydrogen-bond donors (Lipinski definition) is 0. The molecular weight excluding hydrogens is 220 g/mol. The van der Waals surface area contributed by atoms with Crippen LogP contribution in [0, 0.1) is 0 Å². The van der Waals surface area contributed by atoms with Crippen molar-refractivity contribution in [2.24, 2.45) is 0 Å². The van der Waals surface area contributed by atoms with Gasteiger partial charge in [-0.15, -0.1) is 11.6 Å². The average molecular weight is 224 g/mol. The lowest BCUT2D eigenvalue weighted by Gasteiger charge is -2.01. The number of aromatic nitrogens is 1. The van der Waals surface area contributed by atoms with Gasteiger partial charge in [0.25, 0.3) is 0 Å². The fraction of sp³-hybridized carbons (Fsp3) is 0.143. The van der Waals surface area contributed by atoms with Crippen LogP contribution in [0.5, 0.6) is 0 Å². The Morgan fingerprint density at radius 2 is 2.08 bits per heavy atom. The van der Waals surface area contributed by atoms with Crippen molar-refractivity contribution >= 4 is 41.1 Å². The molecule has 0 radical (unpaired) electrons. The molecule has 0 amide bonds. The van der Waals surface area contributed by atoms with Crippen LogP contribution >= 0.6 is 34.8 Å². The number of rotatable bonds is 2. The molecule has 0 bridgehead atoms. The second kappa shape index (κ2) is 4.08. The van der Waals surface area contributed by atoms with E-state index in [1.54, 1.807) is 0 Å². The molecule has 1 atom stereocenters. The normalized spacial score (nSPS) is 12.6. The van der Waals surface area contributed by atoms with Crippen molar-refractivity contribution in [3.8, 4) is 0 Å². The molecule has 1 aromatic rings. The number of alkyl halides is 1. The van der Waals surface area contributed by atoms with Crippen LogP contribution in [0.4, 0.5) is 0 Å². The first-order valence-corrected chi connectivity index (χ1v) is 4.25. The number of aldehydes is 1. The Morgan fingerprint density at radius 1 is 1.42 bits per heavy atom. The molecule has 1 rings (SSSR count). The fourth-order valence-electron chi connectivity index (χ4n) is 0.696. The minimum Gasteiger partial charge on any atom is -0.301 e. The van der Waals surface area contributed by atoms with Gasteiger partial charge in [0.2, 0.25) is 0 Å². The summed E-state index contributed by atoms with van der Waals surface area (Å²) in [4.78, 5) is 14.1. The maximum Gasteiger partial charge on any atom is 0.143 e. The number of carbonyl (C=O) groups is 1. The summed E-state index contributed by atoms with van der Waals surface area (Å²) < 4.78 is 0. The van der Waals surface area contributed by atoms with Crippen LogP contribution in [-0.4, -0.2) is 11.3 Å². The van der Waals surface area contributed by atoms with Crippen molar-refractivity contribution in [1.82, 2.24) is 4.98 Å². The van der Waals surface area contributed by atoms with E-state index < -0.39 is 5.38 Å². The minimum absolute atomic E-state index is 0.227.